The first-order valence-corrected chi connectivity index (χ1v) is 8.93. The van der Waals surface area contributed by atoms with Crippen LogP contribution in [0.1, 0.15) is 5.56 Å². The van der Waals surface area contributed by atoms with Crippen LogP contribution in [0.25, 0.3) is 0 Å². The number of nitrogens with two attached hydrogens (primary N) is 1. The molecule has 25 heavy (non-hydrogen) atoms. The molecule has 0 heterocycles. The van der Waals surface area contributed by atoms with Gasteiger partial charge in [0.05, 0.1) is 19.1 Å². The maximum atomic E-state index is 12.6. The summed E-state index contributed by atoms with van der Waals surface area (Å²) in [5.41, 5.74) is 6.15. The van der Waals surface area contributed by atoms with Gasteiger partial charge in [0.15, 0.2) is 11.5 Å². The Kier molecular flexibility index (Phi) is 6.00. The molecule has 8 heteroatoms. The molecule has 0 aliphatic heterocycles. The minimum absolute atomic E-state index is 0.0514. The first-order valence-electron chi connectivity index (χ1n) is 7.45. The third-order valence-corrected chi connectivity index (χ3v) is 5.06. The van der Waals surface area contributed by atoms with E-state index in [4.69, 9.17) is 15.2 Å². The molecule has 2 aromatic carbocycles. The highest BCUT2D eigenvalue weighted by Crippen LogP contribution is 2.29. The van der Waals surface area contributed by atoms with Gasteiger partial charge in [-0.05, 0) is 24.1 Å². The summed E-state index contributed by atoms with van der Waals surface area (Å²) < 4.78 is 37.7. The van der Waals surface area contributed by atoms with Crippen molar-refractivity contribution in [3.05, 3.63) is 54.1 Å². The summed E-state index contributed by atoms with van der Waals surface area (Å²) >= 11 is 0. The summed E-state index contributed by atoms with van der Waals surface area (Å²) in [6.45, 7) is 0. The van der Waals surface area contributed by atoms with E-state index in [0.717, 1.165) is 5.56 Å². The fraction of sp³-hybridized carbons (Fsp3) is 0.235. The van der Waals surface area contributed by atoms with E-state index < -0.39 is 22.0 Å². The van der Waals surface area contributed by atoms with Crippen LogP contribution in [0.3, 0.4) is 0 Å². The van der Waals surface area contributed by atoms with Gasteiger partial charge in [0.1, 0.15) is 6.04 Å². The second-order valence-electron chi connectivity index (χ2n) is 5.28. The quantitative estimate of drug-likeness (QED) is 0.729. The topological polar surface area (TPSA) is 108 Å². The van der Waals surface area contributed by atoms with E-state index in [1.54, 1.807) is 24.3 Å². The highest BCUT2D eigenvalue weighted by molar-refractivity contribution is 7.89. The van der Waals surface area contributed by atoms with Gasteiger partial charge >= 0.3 is 0 Å². The molecule has 0 bridgehead atoms. The highest BCUT2D eigenvalue weighted by atomic mass is 32.2. The van der Waals surface area contributed by atoms with E-state index in [0.29, 0.717) is 5.75 Å². The number of methoxy groups -OCH3 is 2. The van der Waals surface area contributed by atoms with Crippen LogP contribution in [0, 0.1) is 0 Å². The van der Waals surface area contributed by atoms with Crippen LogP contribution in [-0.2, 0) is 21.2 Å². The van der Waals surface area contributed by atoms with Crippen molar-refractivity contribution in [1.82, 2.24) is 4.72 Å². The Morgan fingerprint density at radius 3 is 2.28 bits per heavy atom. The molecular weight excluding hydrogens is 344 g/mol. The summed E-state index contributed by atoms with van der Waals surface area (Å²) in [6.07, 6.45) is 0.155. The molecule has 1 atom stereocenters. The predicted molar refractivity (Wildman–Crippen MR) is 93.0 cm³/mol. The number of hydrogen-bond donors (Lipinski definition) is 2. The lowest BCUT2D eigenvalue weighted by Crippen LogP contribution is -2.45. The standard InChI is InChI=1S/C17H20N2O5S/c1-23-15-9-8-13(11-16(15)24-2)25(21,22)19-14(17(18)20)10-12-6-4-3-5-7-12/h3-9,11,14,19H,10H2,1-2H3,(H2,18,20)/t14-/m1/s1. The van der Waals surface area contributed by atoms with Gasteiger partial charge in [0.25, 0.3) is 0 Å². The van der Waals surface area contributed by atoms with Gasteiger partial charge in [-0.15, -0.1) is 0 Å². The zero-order valence-electron chi connectivity index (χ0n) is 13.9. The van der Waals surface area contributed by atoms with Crippen molar-refractivity contribution in [2.75, 3.05) is 14.2 Å². The maximum absolute atomic E-state index is 12.6. The molecule has 0 radical (unpaired) electrons. The molecular formula is C17H20N2O5S. The van der Waals surface area contributed by atoms with E-state index in [9.17, 15) is 13.2 Å². The summed E-state index contributed by atoms with van der Waals surface area (Å²) in [5, 5.41) is 0. The number of rotatable bonds is 8. The number of amides is 1. The van der Waals surface area contributed by atoms with Gasteiger partial charge in [-0.25, -0.2) is 8.42 Å². The van der Waals surface area contributed by atoms with Crippen molar-refractivity contribution < 1.29 is 22.7 Å². The smallest absolute Gasteiger partial charge is 0.241 e. The summed E-state index contributed by atoms with van der Waals surface area (Å²) in [4.78, 5) is 11.6. The zero-order chi connectivity index (χ0) is 18.4. The van der Waals surface area contributed by atoms with Gasteiger partial charge < -0.3 is 15.2 Å². The molecule has 1 amide bonds. The largest absolute Gasteiger partial charge is 0.493 e. The molecule has 0 aliphatic rings. The van der Waals surface area contributed by atoms with Crippen molar-refractivity contribution in [3.8, 4) is 11.5 Å². The molecule has 0 saturated carbocycles. The minimum atomic E-state index is -3.97. The van der Waals surface area contributed by atoms with Gasteiger partial charge in [-0.3, -0.25) is 4.79 Å². The lowest BCUT2D eigenvalue weighted by molar-refractivity contribution is -0.119. The van der Waals surface area contributed by atoms with E-state index >= 15 is 0 Å². The third kappa shape index (κ3) is 4.71. The number of carbonyl (C=O) groups excluding carboxylic acids is 1. The molecule has 0 unspecified atom stereocenters. The fourth-order valence-corrected chi connectivity index (χ4v) is 3.51. The van der Waals surface area contributed by atoms with E-state index in [2.05, 4.69) is 4.72 Å². The Morgan fingerprint density at radius 1 is 1.08 bits per heavy atom. The summed E-state index contributed by atoms with van der Waals surface area (Å²) in [6, 6.07) is 12.1. The number of hydrogen-bond acceptors (Lipinski definition) is 5. The molecule has 0 aromatic heterocycles. The average molecular weight is 364 g/mol. The van der Waals surface area contributed by atoms with Crippen molar-refractivity contribution in [3.63, 3.8) is 0 Å². The molecule has 0 aliphatic carbocycles. The Hall–Kier alpha value is -2.58. The van der Waals surface area contributed by atoms with Crippen molar-refractivity contribution >= 4 is 15.9 Å². The van der Waals surface area contributed by atoms with Gasteiger partial charge in [-0.2, -0.15) is 4.72 Å². The van der Waals surface area contributed by atoms with Crippen LogP contribution < -0.4 is 19.9 Å². The first kappa shape index (κ1) is 18.8. The summed E-state index contributed by atoms with van der Waals surface area (Å²) in [7, 11) is -1.11. The molecule has 0 fully saturated rings. The normalized spacial score (nSPS) is 12.4. The molecule has 3 N–H and O–H groups in total. The number of carbonyl (C=O) groups is 1. The van der Waals surface area contributed by atoms with Crippen molar-refractivity contribution in [1.29, 1.82) is 0 Å². The number of nitrogens with one attached hydrogen (secondary N) is 1. The SMILES string of the molecule is COc1ccc(S(=O)(=O)N[C@H](Cc2ccccc2)C(N)=O)cc1OC. The Labute approximate surface area is 146 Å². The molecule has 2 aromatic rings. The maximum Gasteiger partial charge on any atom is 0.241 e. The fourth-order valence-electron chi connectivity index (χ4n) is 2.29. The van der Waals surface area contributed by atoms with Crippen LogP contribution in [0.5, 0.6) is 11.5 Å². The van der Waals surface area contributed by atoms with Gasteiger partial charge in [0.2, 0.25) is 15.9 Å². The van der Waals surface area contributed by atoms with Crippen LogP contribution in [0.15, 0.2) is 53.4 Å². The Bertz CT molecular complexity index is 837. The highest BCUT2D eigenvalue weighted by Gasteiger charge is 2.25. The predicted octanol–water partition coefficient (Wildman–Crippen LogP) is 1.08. The van der Waals surface area contributed by atoms with E-state index in [1.807, 2.05) is 6.07 Å². The van der Waals surface area contributed by atoms with Gasteiger partial charge in [0, 0.05) is 6.07 Å². The van der Waals surface area contributed by atoms with Crippen LogP contribution >= 0.6 is 0 Å². The van der Waals surface area contributed by atoms with Crippen molar-refractivity contribution in [2.45, 2.75) is 17.4 Å². The minimum Gasteiger partial charge on any atom is -0.493 e. The Morgan fingerprint density at radius 2 is 1.72 bits per heavy atom. The Balaban J connectivity index is 2.27. The number of sulfonamides is 1. The number of benzene rings is 2. The lowest BCUT2D eigenvalue weighted by atomic mass is 10.1. The zero-order valence-corrected chi connectivity index (χ0v) is 14.7. The average Bonchev–Trinajstić information content (AvgIpc) is 2.61. The number of primary amides is 1. The molecule has 134 valence electrons. The molecule has 2 rings (SSSR count). The summed E-state index contributed by atoms with van der Waals surface area (Å²) in [5.74, 6) is -0.0887. The first-order chi connectivity index (χ1) is 11.9. The van der Waals surface area contributed by atoms with Crippen LogP contribution in [-0.4, -0.2) is 34.6 Å². The van der Waals surface area contributed by atoms with Crippen LogP contribution in [0.2, 0.25) is 0 Å². The van der Waals surface area contributed by atoms with Gasteiger partial charge in [-0.1, -0.05) is 30.3 Å². The molecule has 0 spiro atoms. The van der Waals surface area contributed by atoms with Crippen molar-refractivity contribution in [2.24, 2.45) is 5.73 Å². The van der Waals surface area contributed by atoms with E-state index in [1.165, 1.54) is 32.4 Å². The number of ether oxygens (including phenoxy) is 2. The van der Waals surface area contributed by atoms with Crippen LogP contribution in [0.4, 0.5) is 0 Å². The third-order valence-electron chi connectivity index (χ3n) is 3.59. The second kappa shape index (κ2) is 8.00. The van der Waals surface area contributed by atoms with E-state index in [-0.39, 0.29) is 17.1 Å². The lowest BCUT2D eigenvalue weighted by Gasteiger charge is -2.16. The second-order valence-corrected chi connectivity index (χ2v) is 7.00. The molecule has 0 saturated heterocycles. The molecule has 7 nitrogen and oxygen atoms in total. The monoisotopic (exact) mass is 364 g/mol.